The second kappa shape index (κ2) is 7.85. The van der Waals surface area contributed by atoms with Crippen molar-refractivity contribution in [2.75, 3.05) is 0 Å². The number of aromatic amines is 1. The highest BCUT2D eigenvalue weighted by Gasteiger charge is 2.33. The first-order chi connectivity index (χ1) is 15.1. The van der Waals surface area contributed by atoms with Gasteiger partial charge in [-0.1, -0.05) is 59.6 Å². The highest BCUT2D eigenvalue weighted by atomic mass is 35.5. The van der Waals surface area contributed by atoms with E-state index in [0.717, 1.165) is 35.1 Å². The van der Waals surface area contributed by atoms with Gasteiger partial charge in [-0.15, -0.1) is 5.10 Å². The second-order valence-corrected chi connectivity index (χ2v) is 8.34. The van der Waals surface area contributed by atoms with Gasteiger partial charge in [0.1, 0.15) is 6.07 Å². The smallest absolute Gasteiger partial charge is 0.241 e. The van der Waals surface area contributed by atoms with E-state index in [1.165, 1.54) is 0 Å². The SMILES string of the molecule is N#Cc1c(/C(=C(/c2ccc(Cl)cc2Cl)C2CC2)c2[c]cccc2)ccc2[nH]nc(F)c12. The predicted molar refractivity (Wildman–Crippen MR) is 121 cm³/mol. The summed E-state index contributed by atoms with van der Waals surface area (Å²) in [4.78, 5) is 0. The van der Waals surface area contributed by atoms with Crippen molar-refractivity contribution in [1.82, 2.24) is 10.2 Å². The number of fused-ring (bicyclic) bond motifs is 1. The van der Waals surface area contributed by atoms with Gasteiger partial charge in [0, 0.05) is 15.6 Å². The number of rotatable bonds is 4. The van der Waals surface area contributed by atoms with Crippen LogP contribution in [0.3, 0.4) is 0 Å². The molecule has 3 aromatic carbocycles. The van der Waals surface area contributed by atoms with E-state index in [1.807, 2.05) is 42.5 Å². The van der Waals surface area contributed by atoms with E-state index < -0.39 is 5.95 Å². The summed E-state index contributed by atoms with van der Waals surface area (Å²) in [5.41, 5.74) is 4.86. The van der Waals surface area contributed by atoms with E-state index >= 15 is 0 Å². The molecular weight excluding hydrogens is 432 g/mol. The number of nitriles is 1. The first-order valence-electron chi connectivity index (χ1n) is 9.82. The van der Waals surface area contributed by atoms with Crippen molar-refractivity contribution in [2.24, 2.45) is 5.92 Å². The van der Waals surface area contributed by atoms with Gasteiger partial charge < -0.3 is 0 Å². The van der Waals surface area contributed by atoms with Gasteiger partial charge in [0.05, 0.1) is 16.5 Å². The number of benzene rings is 3. The van der Waals surface area contributed by atoms with Gasteiger partial charge in [-0.25, -0.2) is 0 Å². The molecule has 3 nitrogen and oxygen atoms in total. The standard InChI is InChI=1S/C25H15Cl2FN3/c26-16-8-9-18(20(27)12-16)23(15-6-7-15)22(14-4-2-1-3-5-14)17-10-11-21-24(19(17)13-29)25(28)31-30-21/h1-4,8-12,15H,6-7H2,(H,30,31)/b23-22+. The number of hydrogen-bond donors (Lipinski definition) is 1. The Bertz CT molecular complexity index is 1380. The molecular formula is C25H15Cl2FN3. The van der Waals surface area contributed by atoms with Crippen LogP contribution < -0.4 is 0 Å². The Labute approximate surface area is 188 Å². The lowest BCUT2D eigenvalue weighted by Crippen LogP contribution is -2.01. The predicted octanol–water partition coefficient (Wildman–Crippen LogP) is 7.05. The van der Waals surface area contributed by atoms with Crippen LogP contribution >= 0.6 is 23.2 Å². The number of aromatic nitrogens is 2. The fraction of sp³-hybridized carbons (Fsp3) is 0.120. The Morgan fingerprint density at radius 1 is 1.13 bits per heavy atom. The largest absolute Gasteiger partial charge is 0.275 e. The highest BCUT2D eigenvalue weighted by Crippen LogP contribution is 2.50. The number of hydrogen-bond acceptors (Lipinski definition) is 2. The zero-order valence-corrected chi connectivity index (χ0v) is 17.7. The van der Waals surface area contributed by atoms with E-state index in [4.69, 9.17) is 23.2 Å². The van der Waals surface area contributed by atoms with Crippen molar-refractivity contribution < 1.29 is 4.39 Å². The van der Waals surface area contributed by atoms with E-state index in [2.05, 4.69) is 22.3 Å². The molecule has 4 aromatic rings. The van der Waals surface area contributed by atoms with Gasteiger partial charge in [-0.3, -0.25) is 5.10 Å². The maximum absolute atomic E-state index is 14.5. The van der Waals surface area contributed by atoms with Crippen LogP contribution in [-0.4, -0.2) is 10.2 Å². The first-order valence-corrected chi connectivity index (χ1v) is 10.6. The molecule has 1 radical (unpaired) electrons. The third kappa shape index (κ3) is 3.50. The van der Waals surface area contributed by atoms with Crippen LogP contribution in [-0.2, 0) is 0 Å². The molecule has 5 rings (SSSR count). The van der Waals surface area contributed by atoms with Crippen LogP contribution in [0.15, 0.2) is 54.6 Å². The Morgan fingerprint density at radius 2 is 1.94 bits per heavy atom. The lowest BCUT2D eigenvalue weighted by molar-refractivity contribution is 0.588. The first kappa shape index (κ1) is 19.8. The topological polar surface area (TPSA) is 52.5 Å². The second-order valence-electron chi connectivity index (χ2n) is 7.50. The van der Waals surface area contributed by atoms with Gasteiger partial charge in [-0.2, -0.15) is 9.65 Å². The lowest BCUT2D eigenvalue weighted by Gasteiger charge is -2.19. The van der Waals surface area contributed by atoms with Crippen LogP contribution in [0.1, 0.15) is 35.1 Å². The molecule has 1 aliphatic carbocycles. The normalized spacial score (nSPS) is 14.4. The molecule has 0 saturated heterocycles. The fourth-order valence-corrected chi connectivity index (χ4v) is 4.53. The molecule has 1 fully saturated rings. The maximum Gasteiger partial charge on any atom is 0.241 e. The van der Waals surface area contributed by atoms with Crippen molar-refractivity contribution in [3.05, 3.63) is 98.9 Å². The summed E-state index contributed by atoms with van der Waals surface area (Å²) in [5.74, 6) is -0.416. The van der Waals surface area contributed by atoms with Crippen LogP contribution in [0.25, 0.3) is 22.0 Å². The van der Waals surface area contributed by atoms with Gasteiger partial charge in [0.25, 0.3) is 0 Å². The van der Waals surface area contributed by atoms with Crippen LogP contribution in [0.4, 0.5) is 4.39 Å². The Morgan fingerprint density at radius 3 is 2.61 bits per heavy atom. The van der Waals surface area contributed by atoms with Crippen molar-refractivity contribution >= 4 is 45.3 Å². The minimum atomic E-state index is -0.692. The maximum atomic E-state index is 14.5. The van der Waals surface area contributed by atoms with E-state index in [9.17, 15) is 9.65 Å². The number of allylic oxidation sites excluding steroid dienone is 1. The molecule has 151 valence electrons. The van der Waals surface area contributed by atoms with E-state index in [0.29, 0.717) is 21.1 Å². The van der Waals surface area contributed by atoms with Crippen LogP contribution in [0.5, 0.6) is 0 Å². The number of H-pyrrole nitrogens is 1. The highest BCUT2D eigenvalue weighted by molar-refractivity contribution is 6.36. The van der Waals surface area contributed by atoms with Crippen molar-refractivity contribution in [1.29, 1.82) is 5.26 Å². The summed E-state index contributed by atoms with van der Waals surface area (Å²) < 4.78 is 14.5. The fourth-order valence-electron chi connectivity index (χ4n) is 4.02. The Balaban J connectivity index is 1.91. The summed E-state index contributed by atoms with van der Waals surface area (Å²) in [7, 11) is 0. The summed E-state index contributed by atoms with van der Waals surface area (Å²) in [6, 6.07) is 22.1. The lowest BCUT2D eigenvalue weighted by atomic mass is 9.84. The van der Waals surface area contributed by atoms with Gasteiger partial charge in [0.2, 0.25) is 5.95 Å². The molecule has 0 amide bonds. The van der Waals surface area contributed by atoms with Crippen LogP contribution in [0, 0.1) is 29.3 Å². The third-order valence-corrected chi connectivity index (χ3v) is 6.07. The average Bonchev–Trinajstić information content (AvgIpc) is 3.55. The van der Waals surface area contributed by atoms with Crippen LogP contribution in [0.2, 0.25) is 10.0 Å². The summed E-state index contributed by atoms with van der Waals surface area (Å²) in [6.07, 6.45) is 2.02. The molecule has 0 spiro atoms. The summed E-state index contributed by atoms with van der Waals surface area (Å²) in [6.45, 7) is 0. The van der Waals surface area contributed by atoms with Gasteiger partial charge in [-0.05, 0) is 65.3 Å². The molecule has 0 aliphatic heterocycles. The molecule has 0 atom stereocenters. The van der Waals surface area contributed by atoms with E-state index in [-0.39, 0.29) is 16.9 Å². The minimum absolute atomic E-state index is 0.186. The van der Waals surface area contributed by atoms with Crippen molar-refractivity contribution in [2.45, 2.75) is 12.8 Å². The Kier molecular flexibility index (Phi) is 5.02. The zero-order chi connectivity index (χ0) is 21.5. The molecule has 1 aliphatic rings. The molecule has 1 N–H and O–H groups in total. The molecule has 0 unspecified atom stereocenters. The number of nitrogens with zero attached hydrogens (tertiary/aromatic N) is 2. The summed E-state index contributed by atoms with van der Waals surface area (Å²) >= 11 is 12.8. The van der Waals surface area contributed by atoms with Gasteiger partial charge >= 0.3 is 0 Å². The molecule has 1 heterocycles. The van der Waals surface area contributed by atoms with Crippen molar-refractivity contribution in [3.8, 4) is 6.07 Å². The molecule has 0 bridgehead atoms. The average molecular weight is 447 g/mol. The monoisotopic (exact) mass is 446 g/mol. The van der Waals surface area contributed by atoms with Crippen molar-refractivity contribution in [3.63, 3.8) is 0 Å². The molecule has 1 aromatic heterocycles. The molecule has 31 heavy (non-hydrogen) atoms. The third-order valence-electron chi connectivity index (χ3n) is 5.52. The molecule has 6 heteroatoms. The molecule has 1 saturated carbocycles. The Hall–Kier alpha value is -3.13. The number of halogens is 3. The zero-order valence-electron chi connectivity index (χ0n) is 16.2. The quantitative estimate of drug-likeness (QED) is 0.341. The summed E-state index contributed by atoms with van der Waals surface area (Å²) in [5, 5.41) is 17.6. The number of nitrogens with one attached hydrogen (secondary N) is 1. The van der Waals surface area contributed by atoms with Gasteiger partial charge in [0.15, 0.2) is 0 Å². The van der Waals surface area contributed by atoms with E-state index in [1.54, 1.807) is 12.1 Å². The minimum Gasteiger partial charge on any atom is -0.275 e.